The van der Waals surface area contributed by atoms with Gasteiger partial charge in [-0.15, -0.1) is 0 Å². The maximum atomic E-state index is 7.04. The molecule has 2 heteroatoms. The summed E-state index contributed by atoms with van der Waals surface area (Å²) in [7, 11) is 0. The molecule has 216 valence electrons. The molecule has 2 nitrogen and oxygen atoms in total. The van der Waals surface area contributed by atoms with Crippen LogP contribution in [0.2, 0.25) is 0 Å². The van der Waals surface area contributed by atoms with E-state index in [0.717, 1.165) is 50.2 Å². The van der Waals surface area contributed by atoms with Crippen molar-refractivity contribution < 1.29 is 4.42 Å². The van der Waals surface area contributed by atoms with Crippen LogP contribution in [-0.2, 0) is 0 Å². The first kappa shape index (κ1) is 26.3. The van der Waals surface area contributed by atoms with E-state index in [4.69, 9.17) is 4.42 Å². The van der Waals surface area contributed by atoms with Crippen LogP contribution in [-0.4, -0.2) is 4.57 Å². The van der Waals surface area contributed by atoms with E-state index in [1.807, 2.05) is 0 Å². The Bertz CT molecular complexity index is 2500. The molecule has 46 heavy (non-hydrogen) atoms. The molecule has 0 bridgehead atoms. The molecule has 2 heterocycles. The van der Waals surface area contributed by atoms with Crippen molar-refractivity contribution in [3.63, 3.8) is 0 Å². The number of hydrogen-bond donors (Lipinski definition) is 0. The zero-order valence-electron chi connectivity index (χ0n) is 25.1. The first-order valence-corrected chi connectivity index (χ1v) is 15.7. The van der Waals surface area contributed by atoms with Crippen LogP contribution in [0.15, 0.2) is 180 Å². The van der Waals surface area contributed by atoms with Gasteiger partial charge in [0.25, 0.3) is 0 Å². The van der Waals surface area contributed by atoms with E-state index in [9.17, 15) is 0 Å². The summed E-state index contributed by atoms with van der Waals surface area (Å²) in [6, 6.07) is 62.4. The number of para-hydroxylation sites is 2. The molecule has 9 rings (SSSR count). The van der Waals surface area contributed by atoms with Gasteiger partial charge in [0.15, 0.2) is 0 Å². The summed E-state index contributed by atoms with van der Waals surface area (Å²) in [5.74, 6) is 1.77. The number of rotatable bonds is 5. The average Bonchev–Trinajstić information content (AvgIpc) is 3.68. The fourth-order valence-electron chi connectivity index (χ4n) is 6.89. The highest BCUT2D eigenvalue weighted by Crippen LogP contribution is 2.46. The second kappa shape index (κ2) is 10.8. The molecule has 0 atom stereocenters. The van der Waals surface area contributed by atoms with Crippen molar-refractivity contribution in [1.82, 2.24) is 4.57 Å². The lowest BCUT2D eigenvalue weighted by atomic mass is 9.94. The van der Waals surface area contributed by atoms with Gasteiger partial charge < -0.3 is 8.98 Å². The zero-order chi connectivity index (χ0) is 30.5. The van der Waals surface area contributed by atoms with Gasteiger partial charge in [0.05, 0.1) is 11.0 Å². The van der Waals surface area contributed by atoms with Crippen LogP contribution >= 0.6 is 0 Å². The normalized spacial score (nSPS) is 11.5. The number of fused-ring (bicyclic) bond motifs is 4. The fraction of sp³-hybridized carbons (Fsp3) is 0. The first-order valence-electron chi connectivity index (χ1n) is 15.7. The predicted octanol–water partition coefficient (Wildman–Crippen LogP) is 12.2. The van der Waals surface area contributed by atoms with Crippen LogP contribution in [0.3, 0.4) is 0 Å². The van der Waals surface area contributed by atoms with Crippen molar-refractivity contribution in [2.75, 3.05) is 0 Å². The van der Waals surface area contributed by atoms with E-state index in [-0.39, 0.29) is 0 Å². The summed E-state index contributed by atoms with van der Waals surface area (Å²) in [5.41, 5.74) is 10.3. The maximum absolute atomic E-state index is 7.04. The van der Waals surface area contributed by atoms with Crippen molar-refractivity contribution in [2.24, 2.45) is 0 Å². The molecule has 0 radical (unpaired) electrons. The SMILES string of the molecule is c1ccc(-c2cccc(-c3oc(-c4cc5c6ccccc6n(-c6ccccc6)c5cc4-c4ccccc4)c4ccccc34)c2)cc1. The van der Waals surface area contributed by atoms with Crippen molar-refractivity contribution in [3.05, 3.63) is 176 Å². The van der Waals surface area contributed by atoms with E-state index in [2.05, 4.69) is 180 Å². The quantitative estimate of drug-likeness (QED) is 0.196. The molecule has 0 N–H and O–H groups in total. The van der Waals surface area contributed by atoms with Gasteiger partial charge >= 0.3 is 0 Å². The van der Waals surface area contributed by atoms with Gasteiger partial charge in [0.1, 0.15) is 11.5 Å². The molecule has 2 aromatic heterocycles. The third-order valence-electron chi connectivity index (χ3n) is 9.01. The molecule has 0 amide bonds. The Morgan fingerprint density at radius 2 is 0.891 bits per heavy atom. The highest BCUT2D eigenvalue weighted by molar-refractivity contribution is 6.14. The van der Waals surface area contributed by atoms with Crippen LogP contribution in [0.25, 0.3) is 83.2 Å². The van der Waals surface area contributed by atoms with Crippen molar-refractivity contribution in [1.29, 1.82) is 0 Å². The Morgan fingerprint density at radius 3 is 1.63 bits per heavy atom. The molecule has 0 saturated carbocycles. The van der Waals surface area contributed by atoms with Crippen LogP contribution in [0.5, 0.6) is 0 Å². The summed E-state index contributed by atoms with van der Waals surface area (Å²) in [4.78, 5) is 0. The molecular formula is C44H29NO. The summed E-state index contributed by atoms with van der Waals surface area (Å²) in [6.07, 6.45) is 0. The Labute approximate surface area is 267 Å². The Morgan fingerprint density at radius 1 is 0.326 bits per heavy atom. The lowest BCUT2D eigenvalue weighted by molar-refractivity contribution is 0.602. The van der Waals surface area contributed by atoms with Crippen molar-refractivity contribution in [3.8, 4) is 50.6 Å². The first-order chi connectivity index (χ1) is 22.8. The van der Waals surface area contributed by atoms with Crippen LogP contribution in [0.1, 0.15) is 0 Å². The highest BCUT2D eigenvalue weighted by Gasteiger charge is 2.22. The Hall–Kier alpha value is -6.12. The molecule has 0 fully saturated rings. The summed E-state index contributed by atoms with van der Waals surface area (Å²) in [6.45, 7) is 0. The molecule has 0 aliphatic carbocycles. The largest absolute Gasteiger partial charge is 0.455 e. The van der Waals surface area contributed by atoms with Gasteiger partial charge in [0.2, 0.25) is 0 Å². The second-order valence-electron chi connectivity index (χ2n) is 11.7. The third kappa shape index (κ3) is 4.27. The van der Waals surface area contributed by atoms with Crippen LogP contribution < -0.4 is 0 Å². The number of benzene rings is 7. The van der Waals surface area contributed by atoms with E-state index >= 15 is 0 Å². The summed E-state index contributed by atoms with van der Waals surface area (Å²) < 4.78 is 9.41. The summed E-state index contributed by atoms with van der Waals surface area (Å²) >= 11 is 0. The molecule has 0 aliphatic heterocycles. The number of aromatic nitrogens is 1. The van der Waals surface area contributed by atoms with Crippen molar-refractivity contribution >= 4 is 32.6 Å². The molecule has 0 unspecified atom stereocenters. The highest BCUT2D eigenvalue weighted by atomic mass is 16.3. The standard InChI is InChI=1S/C44H29NO/c1-4-15-30(16-5-1)32-19-14-20-33(27-32)43-36-24-10-11-25-37(36)44(46-43)40-28-39-35-23-12-13-26-41(35)45(34-21-8-3-9-22-34)42(39)29-38(40)31-17-6-2-7-18-31/h1-29H. The number of furan rings is 1. The minimum Gasteiger partial charge on any atom is -0.455 e. The lowest BCUT2D eigenvalue weighted by Crippen LogP contribution is -1.94. The average molecular weight is 588 g/mol. The molecule has 0 spiro atoms. The maximum Gasteiger partial charge on any atom is 0.143 e. The molecule has 0 aliphatic rings. The smallest absolute Gasteiger partial charge is 0.143 e. The monoisotopic (exact) mass is 587 g/mol. The molecule has 7 aromatic carbocycles. The zero-order valence-corrected chi connectivity index (χ0v) is 25.1. The van der Waals surface area contributed by atoms with Gasteiger partial charge in [-0.25, -0.2) is 0 Å². The Balaban J connectivity index is 1.34. The molecular weight excluding hydrogens is 558 g/mol. The van der Waals surface area contributed by atoms with Gasteiger partial charge in [-0.05, 0) is 58.7 Å². The van der Waals surface area contributed by atoms with E-state index in [0.29, 0.717) is 0 Å². The molecule has 0 saturated heterocycles. The number of nitrogens with zero attached hydrogens (tertiary/aromatic N) is 1. The van der Waals surface area contributed by atoms with Crippen molar-refractivity contribution in [2.45, 2.75) is 0 Å². The van der Waals surface area contributed by atoms with Gasteiger partial charge in [0, 0.05) is 38.4 Å². The third-order valence-corrected chi connectivity index (χ3v) is 9.01. The second-order valence-corrected chi connectivity index (χ2v) is 11.7. The van der Waals surface area contributed by atoms with E-state index in [1.165, 1.54) is 32.9 Å². The van der Waals surface area contributed by atoms with Gasteiger partial charge in [-0.1, -0.05) is 140 Å². The summed E-state index contributed by atoms with van der Waals surface area (Å²) in [5, 5.41) is 4.62. The van der Waals surface area contributed by atoms with Crippen LogP contribution in [0.4, 0.5) is 0 Å². The van der Waals surface area contributed by atoms with Crippen LogP contribution in [0, 0.1) is 0 Å². The fourth-order valence-corrected chi connectivity index (χ4v) is 6.89. The van der Waals surface area contributed by atoms with E-state index < -0.39 is 0 Å². The lowest BCUT2D eigenvalue weighted by Gasteiger charge is -2.12. The molecule has 9 aromatic rings. The Kier molecular flexibility index (Phi) is 6.17. The van der Waals surface area contributed by atoms with E-state index in [1.54, 1.807) is 0 Å². The minimum absolute atomic E-state index is 0.882. The topological polar surface area (TPSA) is 18.1 Å². The van der Waals surface area contributed by atoms with Gasteiger partial charge in [-0.2, -0.15) is 0 Å². The van der Waals surface area contributed by atoms with Gasteiger partial charge in [-0.3, -0.25) is 0 Å². The predicted molar refractivity (Wildman–Crippen MR) is 192 cm³/mol. The number of hydrogen-bond acceptors (Lipinski definition) is 1. The minimum atomic E-state index is 0.882.